The lowest BCUT2D eigenvalue weighted by atomic mass is 9.98. The van der Waals surface area contributed by atoms with Gasteiger partial charge in [0.2, 0.25) is 0 Å². The molecule has 1 aliphatic heterocycles. The number of carbonyl (C=O) groups is 2. The van der Waals surface area contributed by atoms with E-state index in [1.807, 2.05) is 14.1 Å². The van der Waals surface area contributed by atoms with E-state index < -0.39 is 0 Å². The highest BCUT2D eigenvalue weighted by Gasteiger charge is 2.36. The van der Waals surface area contributed by atoms with Crippen LogP contribution in [0.3, 0.4) is 0 Å². The van der Waals surface area contributed by atoms with E-state index in [9.17, 15) is 9.59 Å². The summed E-state index contributed by atoms with van der Waals surface area (Å²) < 4.78 is 6.38. The molecule has 0 radical (unpaired) electrons. The average Bonchev–Trinajstić information content (AvgIpc) is 3.21. The fourth-order valence-corrected chi connectivity index (χ4v) is 3.83. The maximum atomic E-state index is 12.9. The summed E-state index contributed by atoms with van der Waals surface area (Å²) in [5.41, 5.74) is 0.812. The first-order valence-electron chi connectivity index (χ1n) is 7.04. The summed E-state index contributed by atoms with van der Waals surface area (Å²) in [7, 11) is 3.63. The van der Waals surface area contributed by atoms with Crippen LogP contribution in [-0.2, 0) is 4.79 Å². The van der Waals surface area contributed by atoms with Gasteiger partial charge in [0.1, 0.15) is 11.7 Å². The normalized spacial score (nSPS) is 17.0. The molecule has 1 fully saturated rings. The Morgan fingerprint density at radius 1 is 1.36 bits per heavy atom. The summed E-state index contributed by atoms with van der Waals surface area (Å²) in [5, 5.41) is 0. The van der Waals surface area contributed by atoms with Crippen LogP contribution in [0.4, 0.5) is 0 Å². The Morgan fingerprint density at radius 3 is 2.73 bits per heavy atom. The Bertz CT molecular complexity index is 680. The van der Waals surface area contributed by atoms with Crippen molar-refractivity contribution in [3.05, 3.63) is 33.9 Å². The highest BCUT2D eigenvalue weighted by molar-refractivity contribution is 9.10. The number of rotatable bonds is 5. The van der Waals surface area contributed by atoms with Crippen molar-refractivity contribution in [2.24, 2.45) is 5.92 Å². The molecule has 2 aliphatic rings. The van der Waals surface area contributed by atoms with Gasteiger partial charge in [-0.25, -0.2) is 0 Å². The fourth-order valence-electron chi connectivity index (χ4n) is 2.35. The average molecular weight is 382 g/mol. The third kappa shape index (κ3) is 2.94. The number of allylic oxidation sites excluding steroid dienone is 1. The van der Waals surface area contributed by atoms with Gasteiger partial charge in [-0.1, -0.05) is 11.8 Å². The molecule has 0 aromatic heterocycles. The molecule has 3 rings (SSSR count). The molecule has 1 aromatic rings. The molecule has 0 atom stereocenters. The highest BCUT2D eigenvalue weighted by Crippen LogP contribution is 2.44. The molecular weight excluding hydrogens is 366 g/mol. The molecule has 1 heterocycles. The van der Waals surface area contributed by atoms with E-state index in [0.717, 1.165) is 22.2 Å². The lowest BCUT2D eigenvalue weighted by Gasteiger charge is -2.12. The maximum Gasteiger partial charge on any atom is 0.199 e. The topological polar surface area (TPSA) is 46.6 Å². The number of benzene rings is 1. The summed E-state index contributed by atoms with van der Waals surface area (Å²) >= 11 is 4.91. The molecule has 1 aromatic carbocycles. The van der Waals surface area contributed by atoms with E-state index in [-0.39, 0.29) is 23.1 Å². The molecule has 0 bridgehead atoms. The van der Waals surface area contributed by atoms with Crippen molar-refractivity contribution in [2.45, 2.75) is 17.7 Å². The zero-order valence-electron chi connectivity index (χ0n) is 12.4. The van der Waals surface area contributed by atoms with Crippen LogP contribution in [0.25, 0.3) is 0 Å². The number of carbonyl (C=O) groups excluding carboxylic acids is 2. The number of thioether (sulfide) groups is 1. The van der Waals surface area contributed by atoms with Gasteiger partial charge in [0, 0.05) is 31.8 Å². The monoisotopic (exact) mass is 381 g/mol. The molecule has 0 spiro atoms. The van der Waals surface area contributed by atoms with Gasteiger partial charge in [0.25, 0.3) is 0 Å². The van der Waals surface area contributed by atoms with E-state index in [1.165, 1.54) is 11.8 Å². The largest absolute Gasteiger partial charge is 0.480 e. The third-order valence-electron chi connectivity index (χ3n) is 3.56. The zero-order chi connectivity index (χ0) is 15.9. The minimum absolute atomic E-state index is 0.0162. The third-order valence-corrected chi connectivity index (χ3v) is 5.11. The predicted octanol–water partition coefficient (Wildman–Crippen LogP) is 3.50. The van der Waals surface area contributed by atoms with Crippen LogP contribution in [0.1, 0.15) is 23.2 Å². The number of halogens is 1. The molecule has 4 nitrogen and oxygen atoms in total. The van der Waals surface area contributed by atoms with Gasteiger partial charge in [0.15, 0.2) is 11.6 Å². The second kappa shape index (κ2) is 6.08. The van der Waals surface area contributed by atoms with Gasteiger partial charge in [-0.15, -0.1) is 0 Å². The standard InChI is InChI=1S/C16H16BrNO3S/c1-18(2)7-11(13(19)9-3-4-9)14(20)10-5-6-12(17)15-16(10)22-8-21-15/h5-7,9H,3-4,8H2,1-2H3. The number of ketones is 2. The van der Waals surface area contributed by atoms with Crippen molar-refractivity contribution in [3.63, 3.8) is 0 Å². The van der Waals surface area contributed by atoms with Crippen LogP contribution in [0.15, 0.2) is 33.3 Å². The Morgan fingerprint density at radius 2 is 2.09 bits per heavy atom. The minimum atomic E-state index is -0.215. The van der Waals surface area contributed by atoms with E-state index in [1.54, 1.807) is 23.2 Å². The van der Waals surface area contributed by atoms with E-state index >= 15 is 0 Å². The first kappa shape index (κ1) is 15.6. The minimum Gasteiger partial charge on any atom is -0.480 e. The summed E-state index contributed by atoms with van der Waals surface area (Å²) in [4.78, 5) is 27.9. The van der Waals surface area contributed by atoms with Gasteiger partial charge in [-0.05, 0) is 40.9 Å². The number of nitrogens with zero attached hydrogens (tertiary/aromatic N) is 1. The van der Waals surface area contributed by atoms with E-state index in [4.69, 9.17) is 4.74 Å². The lowest BCUT2D eigenvalue weighted by Crippen LogP contribution is -2.19. The molecule has 22 heavy (non-hydrogen) atoms. The number of hydrogen-bond acceptors (Lipinski definition) is 5. The maximum absolute atomic E-state index is 12.9. The van der Waals surface area contributed by atoms with Gasteiger partial charge in [-0.3, -0.25) is 9.59 Å². The molecule has 6 heteroatoms. The Balaban J connectivity index is 2.01. The Labute approximate surface area is 142 Å². The fraction of sp³-hybridized carbons (Fsp3) is 0.375. The second-order valence-electron chi connectivity index (χ2n) is 5.63. The molecule has 116 valence electrons. The van der Waals surface area contributed by atoms with Crippen molar-refractivity contribution in [2.75, 3.05) is 20.0 Å². The summed E-state index contributed by atoms with van der Waals surface area (Å²) in [6.45, 7) is 0. The summed E-state index contributed by atoms with van der Waals surface area (Å²) in [6.07, 6.45) is 3.40. The predicted molar refractivity (Wildman–Crippen MR) is 89.3 cm³/mol. The SMILES string of the molecule is CN(C)C=C(C(=O)c1ccc(Br)c2c1SCO2)C(=O)C1CC1. The van der Waals surface area contributed by atoms with Gasteiger partial charge in [-0.2, -0.15) is 0 Å². The Kier molecular flexibility index (Phi) is 4.32. The lowest BCUT2D eigenvalue weighted by molar-refractivity contribution is -0.116. The molecule has 0 N–H and O–H groups in total. The van der Waals surface area contributed by atoms with Gasteiger partial charge >= 0.3 is 0 Å². The van der Waals surface area contributed by atoms with Crippen LogP contribution < -0.4 is 4.74 Å². The highest BCUT2D eigenvalue weighted by atomic mass is 79.9. The first-order valence-corrected chi connectivity index (χ1v) is 8.82. The second-order valence-corrected chi connectivity index (χ2v) is 7.42. The summed E-state index contributed by atoms with van der Waals surface area (Å²) in [5.74, 6) is 0.940. The van der Waals surface area contributed by atoms with Gasteiger partial charge < -0.3 is 9.64 Å². The van der Waals surface area contributed by atoms with Crippen LogP contribution in [0.2, 0.25) is 0 Å². The number of Topliss-reactive ketones (excluding diaryl/α,β-unsaturated/α-hetero) is 2. The molecule has 0 unspecified atom stereocenters. The number of ether oxygens (including phenoxy) is 1. The van der Waals surface area contributed by atoms with Crippen molar-refractivity contribution >= 4 is 39.3 Å². The van der Waals surface area contributed by atoms with Crippen LogP contribution in [0, 0.1) is 5.92 Å². The molecular formula is C16H16BrNO3S. The zero-order valence-corrected chi connectivity index (χ0v) is 14.8. The van der Waals surface area contributed by atoms with Crippen LogP contribution in [0.5, 0.6) is 5.75 Å². The van der Waals surface area contributed by atoms with E-state index in [2.05, 4.69) is 15.9 Å². The molecule has 1 aliphatic carbocycles. The molecule has 0 amide bonds. The van der Waals surface area contributed by atoms with Crippen molar-refractivity contribution in [1.82, 2.24) is 4.90 Å². The smallest absolute Gasteiger partial charge is 0.199 e. The van der Waals surface area contributed by atoms with E-state index in [0.29, 0.717) is 17.3 Å². The first-order chi connectivity index (χ1) is 10.5. The number of hydrogen-bond donors (Lipinski definition) is 0. The van der Waals surface area contributed by atoms with Crippen molar-refractivity contribution in [3.8, 4) is 5.75 Å². The quantitative estimate of drug-likeness (QED) is 0.338. The van der Waals surface area contributed by atoms with Crippen molar-refractivity contribution in [1.29, 1.82) is 0 Å². The van der Waals surface area contributed by atoms with Crippen LogP contribution >= 0.6 is 27.7 Å². The number of fused-ring (bicyclic) bond motifs is 1. The molecule has 0 saturated heterocycles. The van der Waals surface area contributed by atoms with Crippen LogP contribution in [-0.4, -0.2) is 36.5 Å². The Hall–Kier alpha value is -1.27. The van der Waals surface area contributed by atoms with Crippen molar-refractivity contribution < 1.29 is 14.3 Å². The molecule has 1 saturated carbocycles. The summed E-state index contributed by atoms with van der Waals surface area (Å²) in [6, 6.07) is 3.56. The van der Waals surface area contributed by atoms with Gasteiger partial charge in [0.05, 0.1) is 14.9 Å².